The topological polar surface area (TPSA) is 39.7 Å². The molecule has 1 aliphatic heterocycles. The molecule has 6 heteroatoms. The molecular weight excluding hydrogens is 407 g/mol. The first kappa shape index (κ1) is 22.3. The Hall–Kier alpha value is 0.310. The zero-order valence-electron chi connectivity index (χ0n) is 14.6. The van der Waals surface area contributed by atoms with Gasteiger partial charge in [-0.1, -0.05) is 6.92 Å². The second kappa shape index (κ2) is 14.9. The van der Waals surface area contributed by atoms with Crippen LogP contribution in [0.5, 0.6) is 0 Å². The van der Waals surface area contributed by atoms with Crippen molar-refractivity contribution in [3.8, 4) is 0 Å². The van der Waals surface area contributed by atoms with Crippen LogP contribution in [-0.4, -0.2) is 62.6 Å². The summed E-state index contributed by atoms with van der Waals surface area (Å²) in [5, 5.41) is 6.91. The van der Waals surface area contributed by atoms with Gasteiger partial charge in [0.25, 0.3) is 0 Å². The van der Waals surface area contributed by atoms with Crippen molar-refractivity contribution in [1.82, 2.24) is 15.5 Å². The first-order valence-electron chi connectivity index (χ1n) is 8.46. The van der Waals surface area contributed by atoms with E-state index in [0.717, 1.165) is 25.0 Å². The Balaban J connectivity index is 0.00000441. The lowest BCUT2D eigenvalue weighted by molar-refractivity contribution is 0.185. The number of guanidine groups is 1. The maximum atomic E-state index is 4.31. The van der Waals surface area contributed by atoms with Gasteiger partial charge in [-0.15, -0.1) is 24.0 Å². The number of rotatable bonds is 9. The van der Waals surface area contributed by atoms with Gasteiger partial charge < -0.3 is 15.5 Å². The minimum Gasteiger partial charge on any atom is -0.356 e. The quantitative estimate of drug-likeness (QED) is 0.249. The molecule has 4 nitrogen and oxygen atoms in total. The van der Waals surface area contributed by atoms with Crippen LogP contribution in [0, 0.1) is 5.92 Å². The molecule has 0 amide bonds. The molecule has 0 spiro atoms. The van der Waals surface area contributed by atoms with Crippen molar-refractivity contribution in [2.24, 2.45) is 10.9 Å². The number of nitrogens with one attached hydrogen (secondary N) is 2. The van der Waals surface area contributed by atoms with E-state index >= 15 is 0 Å². The predicted molar refractivity (Wildman–Crippen MR) is 112 cm³/mol. The summed E-state index contributed by atoms with van der Waals surface area (Å²) in [4.78, 5) is 6.91. The Morgan fingerprint density at radius 1 is 1.23 bits per heavy atom. The monoisotopic (exact) mass is 442 g/mol. The molecule has 0 aliphatic carbocycles. The number of aliphatic imine (C=N–C) groups is 1. The lowest BCUT2D eigenvalue weighted by atomic mass is 9.97. The molecule has 0 aromatic rings. The van der Waals surface area contributed by atoms with Crippen molar-refractivity contribution in [2.75, 3.05) is 51.8 Å². The molecule has 1 fully saturated rings. The highest BCUT2D eigenvalue weighted by Crippen LogP contribution is 2.16. The summed E-state index contributed by atoms with van der Waals surface area (Å²) in [6.45, 7) is 8.14. The average molecular weight is 442 g/mol. The predicted octanol–water partition coefficient (Wildman–Crippen LogP) is 3.03. The third-order valence-electron chi connectivity index (χ3n) is 4.10. The van der Waals surface area contributed by atoms with E-state index < -0.39 is 0 Å². The minimum absolute atomic E-state index is 0. The Labute approximate surface area is 158 Å². The Bertz CT molecular complexity index is 281. The van der Waals surface area contributed by atoms with E-state index in [1.54, 1.807) is 0 Å². The van der Waals surface area contributed by atoms with Crippen molar-refractivity contribution in [3.05, 3.63) is 0 Å². The maximum Gasteiger partial charge on any atom is 0.190 e. The first-order valence-corrected chi connectivity index (χ1v) is 9.85. The van der Waals surface area contributed by atoms with E-state index in [0.29, 0.717) is 0 Å². The fourth-order valence-electron chi connectivity index (χ4n) is 2.77. The largest absolute Gasteiger partial charge is 0.356 e. The molecule has 1 rings (SSSR count). The van der Waals surface area contributed by atoms with Gasteiger partial charge in [0.15, 0.2) is 5.96 Å². The second-order valence-corrected chi connectivity index (χ2v) is 6.85. The fraction of sp³-hybridized carbons (Fsp3) is 0.938. The summed E-state index contributed by atoms with van der Waals surface area (Å²) < 4.78 is 0. The zero-order chi connectivity index (χ0) is 15.3. The van der Waals surface area contributed by atoms with Crippen LogP contribution >= 0.6 is 35.7 Å². The maximum absolute atomic E-state index is 4.31. The molecule has 0 atom stereocenters. The van der Waals surface area contributed by atoms with Gasteiger partial charge in [0.1, 0.15) is 0 Å². The normalized spacial score (nSPS) is 17.1. The van der Waals surface area contributed by atoms with Crippen LogP contribution in [0.1, 0.15) is 39.0 Å². The van der Waals surface area contributed by atoms with E-state index in [-0.39, 0.29) is 24.0 Å². The second-order valence-electron chi connectivity index (χ2n) is 5.86. The van der Waals surface area contributed by atoms with Crippen molar-refractivity contribution in [1.29, 1.82) is 0 Å². The third kappa shape index (κ3) is 10.2. The van der Waals surface area contributed by atoms with Crippen LogP contribution in [0.3, 0.4) is 0 Å². The zero-order valence-corrected chi connectivity index (χ0v) is 17.7. The third-order valence-corrected chi connectivity index (χ3v) is 4.79. The van der Waals surface area contributed by atoms with Crippen molar-refractivity contribution in [3.63, 3.8) is 0 Å². The van der Waals surface area contributed by atoms with Gasteiger partial charge in [0.2, 0.25) is 0 Å². The van der Waals surface area contributed by atoms with Crippen molar-refractivity contribution < 1.29 is 0 Å². The Kier molecular flexibility index (Phi) is 15.1. The Morgan fingerprint density at radius 3 is 2.55 bits per heavy atom. The highest BCUT2D eigenvalue weighted by molar-refractivity contribution is 14.0. The molecule has 0 unspecified atom stereocenters. The average Bonchev–Trinajstić information content (AvgIpc) is 2.52. The number of piperidine rings is 1. The number of thioether (sulfide) groups is 1. The van der Waals surface area contributed by atoms with Crippen LogP contribution < -0.4 is 10.6 Å². The van der Waals surface area contributed by atoms with E-state index in [2.05, 4.69) is 33.7 Å². The van der Waals surface area contributed by atoms with E-state index in [9.17, 15) is 0 Å². The highest BCUT2D eigenvalue weighted by atomic mass is 127. The summed E-state index contributed by atoms with van der Waals surface area (Å²) in [6.07, 6.45) is 8.57. The van der Waals surface area contributed by atoms with Crippen molar-refractivity contribution >= 4 is 41.7 Å². The van der Waals surface area contributed by atoms with Crippen LogP contribution in [0.15, 0.2) is 4.99 Å². The summed E-state index contributed by atoms with van der Waals surface area (Å²) in [5.41, 5.74) is 0. The number of hydrogen-bond acceptors (Lipinski definition) is 3. The molecule has 1 aliphatic rings. The molecule has 2 N–H and O–H groups in total. The number of unbranched alkanes of at least 4 members (excludes halogenated alkanes) is 1. The standard InChI is InChI=1S/C16H34N4S.HI/c1-4-10-20-11-7-15(8-12-20)14-19-16(17-2)18-9-5-6-13-21-3;/h15H,4-14H2,1-3H3,(H2,17,18,19);1H. The van der Waals surface area contributed by atoms with Gasteiger partial charge in [-0.3, -0.25) is 4.99 Å². The lowest BCUT2D eigenvalue weighted by Gasteiger charge is -2.32. The Morgan fingerprint density at radius 2 is 1.95 bits per heavy atom. The van der Waals surface area contributed by atoms with Gasteiger partial charge in [-0.25, -0.2) is 0 Å². The summed E-state index contributed by atoms with van der Waals surface area (Å²) in [7, 11) is 1.86. The van der Waals surface area contributed by atoms with Crippen molar-refractivity contribution in [2.45, 2.75) is 39.0 Å². The molecular formula is C16H35IN4S. The molecule has 132 valence electrons. The molecule has 0 aromatic carbocycles. The molecule has 22 heavy (non-hydrogen) atoms. The first-order chi connectivity index (χ1) is 10.3. The van der Waals surface area contributed by atoms with E-state index in [1.807, 2.05) is 18.8 Å². The van der Waals surface area contributed by atoms with Crippen LogP contribution in [0.4, 0.5) is 0 Å². The fourth-order valence-corrected chi connectivity index (χ4v) is 3.26. The van der Waals surface area contributed by atoms with Gasteiger partial charge in [-0.05, 0) is 69.7 Å². The van der Waals surface area contributed by atoms with Crippen LogP contribution in [-0.2, 0) is 0 Å². The minimum atomic E-state index is 0. The van der Waals surface area contributed by atoms with E-state index in [4.69, 9.17) is 0 Å². The number of nitrogens with zero attached hydrogens (tertiary/aromatic N) is 2. The molecule has 1 heterocycles. The van der Waals surface area contributed by atoms with E-state index in [1.165, 1.54) is 57.5 Å². The molecule has 1 saturated heterocycles. The van der Waals surface area contributed by atoms with Gasteiger partial charge in [0, 0.05) is 20.1 Å². The van der Waals surface area contributed by atoms with Gasteiger partial charge in [-0.2, -0.15) is 11.8 Å². The molecule has 0 aromatic heterocycles. The van der Waals surface area contributed by atoms with Gasteiger partial charge in [0.05, 0.1) is 0 Å². The summed E-state index contributed by atoms with van der Waals surface area (Å²) >= 11 is 1.92. The number of halogens is 1. The molecule has 0 saturated carbocycles. The lowest BCUT2D eigenvalue weighted by Crippen LogP contribution is -2.43. The smallest absolute Gasteiger partial charge is 0.190 e. The molecule has 0 radical (unpaired) electrons. The summed E-state index contributed by atoms with van der Waals surface area (Å²) in [6, 6.07) is 0. The van der Waals surface area contributed by atoms with Gasteiger partial charge >= 0.3 is 0 Å². The number of likely N-dealkylation sites (tertiary alicyclic amines) is 1. The SMILES string of the molecule is CCCN1CCC(CNC(=NC)NCCCCSC)CC1.I. The number of hydrogen-bond donors (Lipinski definition) is 2. The van der Waals surface area contributed by atoms with Crippen LogP contribution in [0.25, 0.3) is 0 Å². The van der Waals surface area contributed by atoms with Crippen LogP contribution in [0.2, 0.25) is 0 Å². The highest BCUT2D eigenvalue weighted by Gasteiger charge is 2.18. The molecule has 0 bridgehead atoms. The summed E-state index contributed by atoms with van der Waals surface area (Å²) in [5.74, 6) is 3.02.